The number of hydrogen-bond acceptors (Lipinski definition) is 7. The second kappa shape index (κ2) is 6.41. The number of amides is 1. The van der Waals surface area contributed by atoms with Gasteiger partial charge in [-0.3, -0.25) is 9.53 Å². The van der Waals surface area contributed by atoms with E-state index in [1.807, 2.05) is 0 Å². The van der Waals surface area contributed by atoms with Crippen molar-refractivity contribution in [2.45, 2.75) is 61.4 Å². The number of nitrogens with one attached hydrogen (secondary N) is 1. The third-order valence-corrected chi connectivity index (χ3v) is 6.77. The molecule has 168 valence electrons. The van der Waals surface area contributed by atoms with E-state index in [0.29, 0.717) is 41.7 Å². The first-order chi connectivity index (χ1) is 15.1. The van der Waals surface area contributed by atoms with Crippen LogP contribution in [0.5, 0.6) is 0 Å². The molecule has 2 bridgehead atoms. The van der Waals surface area contributed by atoms with Crippen LogP contribution in [0.15, 0.2) is 22.9 Å². The van der Waals surface area contributed by atoms with Crippen molar-refractivity contribution in [3.8, 4) is 0 Å². The zero-order valence-electron chi connectivity index (χ0n) is 16.4. The number of nitrogens with zero attached hydrogens (tertiary/aromatic N) is 5. The fourth-order valence-electron chi connectivity index (χ4n) is 5.08. The molecule has 3 aromatic heterocycles. The highest BCUT2D eigenvalue weighted by atomic mass is 35.5. The molecule has 13 heteroatoms. The lowest BCUT2D eigenvalue weighted by molar-refractivity contribution is -0.352. The van der Waals surface area contributed by atoms with Crippen LogP contribution in [0.25, 0.3) is 5.65 Å². The summed E-state index contributed by atoms with van der Waals surface area (Å²) in [5, 5.41) is 15.7. The maximum Gasteiger partial charge on any atom is 0.522 e. The Morgan fingerprint density at radius 2 is 2.03 bits per heavy atom. The average molecular weight is 469 g/mol. The van der Waals surface area contributed by atoms with Crippen molar-refractivity contribution >= 4 is 23.2 Å². The standard InChI is InChI=1S/C19H16ClF3N6O3/c20-10-3-13-25-12(5-29(13)24-4-10)14(30)26-18-6-17(7-18,8-18)16-28-27-15(31-16)9-1-11(2-9)32-19(21,22)23/h3-5,9,11H,1-2,6-8H2,(H,26,30). The van der Waals surface area contributed by atoms with Gasteiger partial charge in [0.15, 0.2) is 5.65 Å². The van der Waals surface area contributed by atoms with E-state index >= 15 is 0 Å². The first-order valence-electron chi connectivity index (χ1n) is 10.0. The number of fused-ring (bicyclic) bond motifs is 1. The van der Waals surface area contributed by atoms with Crippen molar-refractivity contribution in [2.24, 2.45) is 0 Å². The summed E-state index contributed by atoms with van der Waals surface area (Å²) in [6, 6.07) is 1.62. The molecule has 3 heterocycles. The van der Waals surface area contributed by atoms with Gasteiger partial charge >= 0.3 is 6.36 Å². The summed E-state index contributed by atoms with van der Waals surface area (Å²) in [5.74, 6) is 0.314. The van der Waals surface area contributed by atoms with Crippen molar-refractivity contribution in [2.75, 3.05) is 0 Å². The van der Waals surface area contributed by atoms with E-state index in [1.54, 1.807) is 12.3 Å². The molecule has 0 unspecified atom stereocenters. The maximum absolute atomic E-state index is 12.7. The zero-order chi connectivity index (χ0) is 22.3. The molecule has 32 heavy (non-hydrogen) atoms. The lowest BCUT2D eigenvalue weighted by atomic mass is 9.39. The molecule has 4 saturated carbocycles. The van der Waals surface area contributed by atoms with Crippen molar-refractivity contribution in [1.82, 2.24) is 30.1 Å². The van der Waals surface area contributed by atoms with Gasteiger partial charge in [0.1, 0.15) is 5.69 Å². The minimum absolute atomic E-state index is 0.202. The number of aromatic nitrogens is 5. The molecule has 4 aliphatic rings. The minimum Gasteiger partial charge on any atom is -0.424 e. The van der Waals surface area contributed by atoms with Crippen LogP contribution >= 0.6 is 11.6 Å². The van der Waals surface area contributed by atoms with E-state index in [0.717, 1.165) is 0 Å². The summed E-state index contributed by atoms with van der Waals surface area (Å²) >= 11 is 5.90. The van der Waals surface area contributed by atoms with Crippen LogP contribution in [0.4, 0.5) is 13.2 Å². The summed E-state index contributed by atoms with van der Waals surface area (Å²) < 4.78 is 48.1. The average Bonchev–Trinajstić information content (AvgIpc) is 3.25. The molecule has 1 amide bonds. The molecule has 0 aliphatic heterocycles. The van der Waals surface area contributed by atoms with Crippen LogP contribution in [0, 0.1) is 0 Å². The quantitative estimate of drug-likeness (QED) is 0.612. The van der Waals surface area contributed by atoms with Crippen LogP contribution in [0.1, 0.15) is 60.3 Å². The van der Waals surface area contributed by atoms with Crippen LogP contribution in [0.3, 0.4) is 0 Å². The third-order valence-electron chi connectivity index (χ3n) is 6.57. The highest BCUT2D eigenvalue weighted by molar-refractivity contribution is 6.30. The summed E-state index contributed by atoms with van der Waals surface area (Å²) in [6.07, 6.45) is -0.0993. The van der Waals surface area contributed by atoms with Crippen molar-refractivity contribution < 1.29 is 27.1 Å². The first kappa shape index (κ1) is 19.9. The van der Waals surface area contributed by atoms with Gasteiger partial charge in [-0.15, -0.1) is 23.4 Å². The molecule has 7 rings (SSSR count). The predicted octanol–water partition coefficient (Wildman–Crippen LogP) is 3.15. The smallest absolute Gasteiger partial charge is 0.424 e. The number of alkyl halides is 3. The van der Waals surface area contributed by atoms with Gasteiger partial charge in [-0.2, -0.15) is 5.10 Å². The molecule has 3 aromatic rings. The monoisotopic (exact) mass is 468 g/mol. The molecular weight excluding hydrogens is 453 g/mol. The third kappa shape index (κ3) is 3.15. The van der Waals surface area contributed by atoms with Gasteiger partial charge < -0.3 is 9.73 Å². The van der Waals surface area contributed by atoms with E-state index in [2.05, 4.69) is 30.3 Å². The Kier molecular flexibility index (Phi) is 3.99. The largest absolute Gasteiger partial charge is 0.522 e. The second-order valence-corrected chi connectivity index (χ2v) is 9.38. The van der Waals surface area contributed by atoms with Gasteiger partial charge in [0.25, 0.3) is 5.91 Å². The topological polar surface area (TPSA) is 107 Å². The van der Waals surface area contributed by atoms with Gasteiger partial charge in [-0.05, 0) is 32.1 Å². The van der Waals surface area contributed by atoms with E-state index in [4.69, 9.17) is 16.0 Å². The number of rotatable bonds is 5. The summed E-state index contributed by atoms with van der Waals surface area (Å²) in [7, 11) is 0. The van der Waals surface area contributed by atoms with Gasteiger partial charge in [-0.1, -0.05) is 11.6 Å². The zero-order valence-corrected chi connectivity index (χ0v) is 17.2. The molecule has 0 saturated heterocycles. The number of carbonyl (C=O) groups excluding carboxylic acids is 1. The Morgan fingerprint density at radius 1 is 1.28 bits per heavy atom. The molecule has 9 nitrogen and oxygen atoms in total. The number of halogens is 4. The van der Waals surface area contributed by atoms with Gasteiger partial charge in [0.05, 0.1) is 28.9 Å². The number of imidazole rings is 1. The molecular formula is C19H16ClF3N6O3. The van der Waals surface area contributed by atoms with Gasteiger partial charge in [0.2, 0.25) is 11.8 Å². The minimum atomic E-state index is -4.63. The highest BCUT2D eigenvalue weighted by Crippen LogP contribution is 2.67. The van der Waals surface area contributed by atoms with Crippen LogP contribution < -0.4 is 5.32 Å². The summed E-state index contributed by atoms with van der Waals surface area (Å²) in [4.78, 5) is 16.9. The lowest BCUT2D eigenvalue weighted by Crippen LogP contribution is -2.76. The number of carbonyl (C=O) groups is 1. The molecule has 1 N–H and O–H groups in total. The Hall–Kier alpha value is -2.73. The number of ether oxygens (including phenoxy) is 1. The van der Waals surface area contributed by atoms with Gasteiger partial charge in [-0.25, -0.2) is 9.50 Å². The fourth-order valence-corrected chi connectivity index (χ4v) is 5.22. The normalized spacial score (nSPS) is 31.0. The molecule has 0 spiro atoms. The molecule has 0 atom stereocenters. The fraction of sp³-hybridized carbons (Fsp3) is 0.526. The maximum atomic E-state index is 12.7. The van der Waals surface area contributed by atoms with Crippen LogP contribution in [-0.2, 0) is 10.2 Å². The summed E-state index contributed by atoms with van der Waals surface area (Å²) in [5.41, 5.74) is 0.112. The SMILES string of the molecule is O=C(NC12CC(c3nnc(C4CC(OC(F)(F)F)C4)o3)(C1)C2)c1cn2ncc(Cl)cc2n1. The lowest BCUT2D eigenvalue weighted by Gasteiger charge is -2.68. The van der Waals surface area contributed by atoms with E-state index in [1.165, 1.54) is 10.7 Å². The Balaban J connectivity index is 1.06. The second-order valence-electron chi connectivity index (χ2n) is 8.95. The van der Waals surface area contributed by atoms with E-state index in [-0.39, 0.29) is 41.3 Å². The first-order valence-corrected chi connectivity index (χ1v) is 10.4. The molecule has 0 aromatic carbocycles. The van der Waals surface area contributed by atoms with Crippen LogP contribution in [0.2, 0.25) is 5.02 Å². The Labute approximate surface area is 183 Å². The van der Waals surface area contributed by atoms with E-state index in [9.17, 15) is 18.0 Å². The molecule has 4 fully saturated rings. The van der Waals surface area contributed by atoms with Crippen molar-refractivity contribution in [3.05, 3.63) is 41.0 Å². The van der Waals surface area contributed by atoms with Gasteiger partial charge in [0, 0.05) is 17.5 Å². The Morgan fingerprint density at radius 3 is 2.75 bits per heavy atom. The van der Waals surface area contributed by atoms with E-state index < -0.39 is 12.5 Å². The summed E-state index contributed by atoms with van der Waals surface area (Å²) in [6.45, 7) is 0. The van der Waals surface area contributed by atoms with Crippen LogP contribution in [-0.4, -0.2) is 48.7 Å². The van der Waals surface area contributed by atoms with Crippen molar-refractivity contribution in [1.29, 1.82) is 0 Å². The Bertz CT molecular complexity index is 1210. The predicted molar refractivity (Wildman–Crippen MR) is 101 cm³/mol. The molecule has 4 aliphatic carbocycles. The highest BCUT2D eigenvalue weighted by Gasteiger charge is 2.72. The van der Waals surface area contributed by atoms with Crippen molar-refractivity contribution in [3.63, 3.8) is 0 Å². The number of hydrogen-bond donors (Lipinski definition) is 1. The molecule has 0 radical (unpaired) electrons.